The first-order valence-corrected chi connectivity index (χ1v) is 13.5. The van der Waals surface area contributed by atoms with Crippen molar-refractivity contribution in [3.8, 4) is 0 Å². The summed E-state index contributed by atoms with van der Waals surface area (Å²) < 4.78 is 0. The minimum Gasteiger partial charge on any atom is -0.365 e. The number of nitrogens with zero attached hydrogens (tertiary/aromatic N) is 3. The molecule has 7 rings (SSSR count). The zero-order valence-corrected chi connectivity index (χ0v) is 20.7. The number of rotatable bonds is 6. The summed E-state index contributed by atoms with van der Waals surface area (Å²) in [5, 5.41) is 18.5. The van der Waals surface area contributed by atoms with Crippen LogP contribution in [0.2, 0.25) is 0 Å². The molecule has 0 amide bonds. The van der Waals surface area contributed by atoms with E-state index in [0.717, 1.165) is 57.3 Å². The molecule has 0 radical (unpaired) electrons. The molecule has 3 atom stereocenters. The normalized spacial score (nSPS) is 27.9. The van der Waals surface area contributed by atoms with E-state index in [4.69, 9.17) is 0 Å². The Morgan fingerprint density at radius 1 is 1.03 bits per heavy atom. The Labute approximate surface area is 213 Å². The van der Waals surface area contributed by atoms with Gasteiger partial charge in [-0.3, -0.25) is 15.2 Å². The molecule has 3 aromatic rings. The summed E-state index contributed by atoms with van der Waals surface area (Å²) >= 11 is 0. The molecule has 6 nitrogen and oxygen atoms in total. The number of fused-ring (bicyclic) bond motifs is 3. The van der Waals surface area contributed by atoms with Gasteiger partial charge in [0.15, 0.2) is 6.35 Å². The lowest BCUT2D eigenvalue weighted by Gasteiger charge is -2.46. The van der Waals surface area contributed by atoms with Gasteiger partial charge in [-0.05, 0) is 67.9 Å². The summed E-state index contributed by atoms with van der Waals surface area (Å²) in [6.07, 6.45) is 10.5. The second-order valence-electron chi connectivity index (χ2n) is 11.3. The summed E-state index contributed by atoms with van der Waals surface area (Å²) in [5.74, 6) is 0. The van der Waals surface area contributed by atoms with Crippen LogP contribution in [0, 0.1) is 5.41 Å². The van der Waals surface area contributed by atoms with Gasteiger partial charge >= 0.3 is 0 Å². The Kier molecular flexibility index (Phi) is 5.40. The molecule has 36 heavy (non-hydrogen) atoms. The van der Waals surface area contributed by atoms with Crippen molar-refractivity contribution in [1.82, 2.24) is 25.6 Å². The molecule has 1 saturated carbocycles. The van der Waals surface area contributed by atoms with Gasteiger partial charge in [-0.25, -0.2) is 5.43 Å². The second kappa shape index (κ2) is 8.67. The van der Waals surface area contributed by atoms with E-state index >= 15 is 0 Å². The molecule has 1 aliphatic carbocycles. The molecule has 6 heteroatoms. The Bertz CT molecular complexity index is 1290. The van der Waals surface area contributed by atoms with E-state index in [1.165, 1.54) is 28.6 Å². The van der Waals surface area contributed by atoms with Crippen molar-refractivity contribution in [1.29, 1.82) is 0 Å². The fraction of sp³-hybridized carbons (Fsp3) is 0.433. The molecule has 3 N–H and O–H groups in total. The Hall–Kier alpha value is -2.77. The van der Waals surface area contributed by atoms with Crippen LogP contribution in [0.5, 0.6) is 0 Å². The first kappa shape index (κ1) is 22.4. The largest absolute Gasteiger partial charge is 0.365 e. The lowest BCUT2D eigenvalue weighted by molar-refractivity contribution is -0.0513. The topological polar surface area (TPSA) is 63.7 Å². The minimum absolute atomic E-state index is 0.0145. The van der Waals surface area contributed by atoms with Crippen LogP contribution in [0.1, 0.15) is 49.3 Å². The number of hydrogen-bond donors (Lipinski definition) is 3. The zero-order chi connectivity index (χ0) is 24.2. The van der Waals surface area contributed by atoms with Gasteiger partial charge in [0.2, 0.25) is 0 Å². The summed E-state index contributed by atoms with van der Waals surface area (Å²) in [5.41, 5.74) is 8.83. The van der Waals surface area contributed by atoms with Crippen molar-refractivity contribution in [3.63, 3.8) is 0 Å². The van der Waals surface area contributed by atoms with E-state index < -0.39 is 6.35 Å². The summed E-state index contributed by atoms with van der Waals surface area (Å²) in [4.78, 5) is 6.95. The number of nitrogens with one attached hydrogen (secondary N) is 2. The number of likely N-dealkylation sites (tertiary alicyclic amines) is 1. The maximum absolute atomic E-state index is 11.3. The van der Waals surface area contributed by atoms with Crippen molar-refractivity contribution in [3.05, 3.63) is 89.8 Å². The molecule has 186 valence electrons. The standard InChI is InChI=1S/C30H35N5O/c36-28(32-30(11-6-12-30)19-22-7-2-1-3-8-22)34-15-13-29(21-34)14-16-35-27(29)18-26(33-35)24-17-23-9-4-5-10-25(23)31-20-24/h1-5,7-10,17-18,20,26,28,32-33,36H,6,11-16,19,21H2. The third kappa shape index (κ3) is 3.84. The van der Waals surface area contributed by atoms with Crippen LogP contribution in [0.3, 0.4) is 0 Å². The van der Waals surface area contributed by atoms with Gasteiger partial charge in [0.05, 0.1) is 11.6 Å². The fourth-order valence-electron chi connectivity index (χ4n) is 6.91. The lowest BCUT2D eigenvalue weighted by Crippen LogP contribution is -2.60. The molecule has 3 unspecified atom stereocenters. The first-order valence-electron chi connectivity index (χ1n) is 13.5. The van der Waals surface area contributed by atoms with Gasteiger partial charge in [0.1, 0.15) is 0 Å². The molecule has 1 spiro atoms. The van der Waals surface area contributed by atoms with E-state index in [0.29, 0.717) is 0 Å². The molecule has 2 saturated heterocycles. The highest BCUT2D eigenvalue weighted by atomic mass is 16.3. The van der Waals surface area contributed by atoms with Crippen LogP contribution in [0.4, 0.5) is 0 Å². The second-order valence-corrected chi connectivity index (χ2v) is 11.3. The average Bonchev–Trinajstić information content (AvgIpc) is 3.60. The molecule has 4 aliphatic rings. The Balaban J connectivity index is 1.06. The molecular formula is C30H35N5O. The van der Waals surface area contributed by atoms with Gasteiger partial charge < -0.3 is 10.1 Å². The van der Waals surface area contributed by atoms with Gasteiger partial charge in [-0.15, -0.1) is 0 Å². The summed E-state index contributed by atoms with van der Waals surface area (Å²) in [6, 6.07) is 21.4. The third-order valence-corrected chi connectivity index (χ3v) is 9.10. The van der Waals surface area contributed by atoms with E-state index in [2.05, 4.69) is 86.3 Å². The highest BCUT2D eigenvalue weighted by Gasteiger charge is 2.51. The highest BCUT2D eigenvalue weighted by Crippen LogP contribution is 2.50. The molecule has 3 fully saturated rings. The quantitative estimate of drug-likeness (QED) is 0.461. The van der Waals surface area contributed by atoms with Crippen molar-refractivity contribution < 1.29 is 5.11 Å². The molecule has 4 heterocycles. The number of aliphatic hydroxyl groups is 1. The fourth-order valence-corrected chi connectivity index (χ4v) is 6.91. The van der Waals surface area contributed by atoms with Crippen molar-refractivity contribution in [2.75, 3.05) is 19.6 Å². The maximum atomic E-state index is 11.3. The molecule has 1 aromatic heterocycles. The SMILES string of the molecule is OC(NC1(Cc2ccccc2)CCC1)N1CCC2(CCN3NC(c4cnc5ccccc5c4)C=C32)C1. The van der Waals surface area contributed by atoms with Crippen LogP contribution in [0.15, 0.2) is 78.6 Å². The van der Waals surface area contributed by atoms with E-state index in [1.807, 2.05) is 12.3 Å². The number of para-hydroxylation sites is 1. The van der Waals surface area contributed by atoms with Crippen LogP contribution in [-0.2, 0) is 6.42 Å². The molecular weight excluding hydrogens is 446 g/mol. The van der Waals surface area contributed by atoms with E-state index in [9.17, 15) is 5.11 Å². The predicted octanol–water partition coefficient (Wildman–Crippen LogP) is 4.11. The Morgan fingerprint density at radius 3 is 2.67 bits per heavy atom. The number of hydrazine groups is 1. The summed E-state index contributed by atoms with van der Waals surface area (Å²) in [6.45, 7) is 2.83. The monoisotopic (exact) mass is 481 g/mol. The van der Waals surface area contributed by atoms with Crippen LogP contribution in [0.25, 0.3) is 10.9 Å². The van der Waals surface area contributed by atoms with Gasteiger partial charge in [-0.1, -0.05) is 48.5 Å². The van der Waals surface area contributed by atoms with Crippen molar-refractivity contribution >= 4 is 10.9 Å². The smallest absolute Gasteiger partial charge is 0.163 e. The molecule has 0 bridgehead atoms. The minimum atomic E-state index is -0.599. The Morgan fingerprint density at radius 2 is 1.83 bits per heavy atom. The average molecular weight is 482 g/mol. The number of benzene rings is 2. The van der Waals surface area contributed by atoms with E-state index in [1.54, 1.807) is 0 Å². The molecule has 3 aliphatic heterocycles. The number of hydrogen-bond acceptors (Lipinski definition) is 6. The predicted molar refractivity (Wildman–Crippen MR) is 142 cm³/mol. The number of aliphatic hydroxyl groups excluding tert-OH is 1. The number of aromatic nitrogens is 1. The van der Waals surface area contributed by atoms with E-state index in [-0.39, 0.29) is 17.0 Å². The van der Waals surface area contributed by atoms with Crippen molar-refractivity contribution in [2.45, 2.75) is 56.5 Å². The number of pyridine rings is 1. The van der Waals surface area contributed by atoms with Crippen LogP contribution < -0.4 is 10.7 Å². The first-order chi connectivity index (χ1) is 17.6. The van der Waals surface area contributed by atoms with Crippen LogP contribution >= 0.6 is 0 Å². The van der Waals surface area contributed by atoms with Crippen LogP contribution in [-0.4, -0.2) is 51.5 Å². The van der Waals surface area contributed by atoms with Crippen molar-refractivity contribution in [2.24, 2.45) is 5.41 Å². The highest BCUT2D eigenvalue weighted by molar-refractivity contribution is 5.78. The maximum Gasteiger partial charge on any atom is 0.163 e. The van der Waals surface area contributed by atoms with Gasteiger partial charge in [-0.2, -0.15) is 0 Å². The summed E-state index contributed by atoms with van der Waals surface area (Å²) in [7, 11) is 0. The third-order valence-electron chi connectivity index (χ3n) is 9.10. The van der Waals surface area contributed by atoms with Gasteiger partial charge in [0.25, 0.3) is 0 Å². The molecule has 2 aromatic carbocycles. The zero-order valence-electron chi connectivity index (χ0n) is 20.7. The lowest BCUT2D eigenvalue weighted by atomic mass is 9.73. The van der Waals surface area contributed by atoms with Gasteiger partial charge in [0, 0.05) is 47.9 Å².